The van der Waals surface area contributed by atoms with Crippen molar-refractivity contribution < 1.29 is 9.47 Å². The van der Waals surface area contributed by atoms with E-state index in [9.17, 15) is 0 Å². The number of fused-ring (bicyclic) bond motifs is 1. The predicted octanol–water partition coefficient (Wildman–Crippen LogP) is 3.23. The molecule has 3 rings (SSSR count). The SMILES string of the molecule is CCCNC1CCc2cc(OCC3CCCO3)ccc21. The maximum atomic E-state index is 5.89. The molecule has 1 aliphatic heterocycles. The molecule has 1 saturated heterocycles. The lowest BCUT2D eigenvalue weighted by molar-refractivity contribution is 0.0679. The Bertz CT molecular complexity index is 441. The molecule has 2 unspecified atom stereocenters. The Morgan fingerprint density at radius 2 is 2.30 bits per heavy atom. The average molecular weight is 275 g/mol. The van der Waals surface area contributed by atoms with Crippen LogP contribution in [0, 0.1) is 0 Å². The normalized spacial score (nSPS) is 24.9. The van der Waals surface area contributed by atoms with Crippen molar-refractivity contribution in [2.45, 2.75) is 51.2 Å². The molecule has 0 aromatic heterocycles. The zero-order valence-corrected chi connectivity index (χ0v) is 12.4. The van der Waals surface area contributed by atoms with Crippen LogP contribution in [0.5, 0.6) is 5.75 Å². The van der Waals surface area contributed by atoms with E-state index in [2.05, 4.69) is 30.4 Å². The molecule has 1 aromatic rings. The largest absolute Gasteiger partial charge is 0.491 e. The van der Waals surface area contributed by atoms with E-state index in [4.69, 9.17) is 9.47 Å². The summed E-state index contributed by atoms with van der Waals surface area (Å²) in [6.45, 7) is 4.89. The van der Waals surface area contributed by atoms with E-state index in [1.165, 1.54) is 30.4 Å². The van der Waals surface area contributed by atoms with Crippen LogP contribution in [0.3, 0.4) is 0 Å². The van der Waals surface area contributed by atoms with E-state index in [0.717, 1.165) is 31.7 Å². The van der Waals surface area contributed by atoms with Gasteiger partial charge in [0.05, 0.1) is 6.10 Å². The summed E-state index contributed by atoms with van der Waals surface area (Å²) in [5, 5.41) is 3.62. The maximum absolute atomic E-state index is 5.89. The summed E-state index contributed by atoms with van der Waals surface area (Å²) < 4.78 is 11.5. The van der Waals surface area contributed by atoms with Crippen LogP contribution in [0.1, 0.15) is 49.8 Å². The van der Waals surface area contributed by atoms with Crippen molar-refractivity contribution in [3.8, 4) is 5.75 Å². The second-order valence-corrected chi connectivity index (χ2v) is 5.85. The smallest absolute Gasteiger partial charge is 0.119 e. The van der Waals surface area contributed by atoms with Crippen LogP contribution >= 0.6 is 0 Å². The number of aryl methyl sites for hydroxylation is 1. The molecule has 20 heavy (non-hydrogen) atoms. The molecular weight excluding hydrogens is 250 g/mol. The van der Waals surface area contributed by atoms with Crippen LogP contribution in [-0.4, -0.2) is 25.9 Å². The highest BCUT2D eigenvalue weighted by atomic mass is 16.5. The molecule has 3 heteroatoms. The summed E-state index contributed by atoms with van der Waals surface area (Å²) in [4.78, 5) is 0. The second-order valence-electron chi connectivity index (χ2n) is 5.85. The molecule has 2 aliphatic rings. The first-order chi connectivity index (χ1) is 9.86. The standard InChI is InChI=1S/C17H25NO2/c1-2-9-18-17-8-5-13-11-14(6-7-16(13)17)20-12-15-4-3-10-19-15/h6-7,11,15,17-18H,2-5,8-10,12H2,1H3. The van der Waals surface area contributed by atoms with Crippen molar-refractivity contribution in [1.29, 1.82) is 0 Å². The van der Waals surface area contributed by atoms with Gasteiger partial charge in [-0.3, -0.25) is 0 Å². The fourth-order valence-corrected chi connectivity index (χ4v) is 3.18. The molecule has 110 valence electrons. The van der Waals surface area contributed by atoms with Gasteiger partial charge in [0.15, 0.2) is 0 Å². The van der Waals surface area contributed by atoms with Gasteiger partial charge in [0, 0.05) is 12.6 Å². The van der Waals surface area contributed by atoms with E-state index in [1.807, 2.05) is 0 Å². The van der Waals surface area contributed by atoms with Gasteiger partial charge >= 0.3 is 0 Å². The average Bonchev–Trinajstić information content (AvgIpc) is 3.12. The summed E-state index contributed by atoms with van der Waals surface area (Å²) in [5.41, 5.74) is 2.91. The lowest BCUT2D eigenvalue weighted by Gasteiger charge is -2.15. The van der Waals surface area contributed by atoms with E-state index >= 15 is 0 Å². The van der Waals surface area contributed by atoms with Gasteiger partial charge in [-0.15, -0.1) is 0 Å². The van der Waals surface area contributed by atoms with Crippen molar-refractivity contribution in [1.82, 2.24) is 5.32 Å². The van der Waals surface area contributed by atoms with E-state index in [1.54, 1.807) is 0 Å². The van der Waals surface area contributed by atoms with E-state index in [-0.39, 0.29) is 0 Å². The Morgan fingerprint density at radius 3 is 3.10 bits per heavy atom. The predicted molar refractivity (Wildman–Crippen MR) is 80.3 cm³/mol. The highest BCUT2D eigenvalue weighted by Gasteiger charge is 2.22. The summed E-state index contributed by atoms with van der Waals surface area (Å²) in [5.74, 6) is 0.996. The Morgan fingerprint density at radius 1 is 1.35 bits per heavy atom. The number of benzene rings is 1. The molecule has 2 atom stereocenters. The van der Waals surface area contributed by atoms with Gasteiger partial charge < -0.3 is 14.8 Å². The third kappa shape index (κ3) is 3.15. The molecule has 3 nitrogen and oxygen atoms in total. The third-order valence-electron chi connectivity index (χ3n) is 4.29. The summed E-state index contributed by atoms with van der Waals surface area (Å²) in [6.07, 6.45) is 6.16. The minimum atomic E-state index is 0.294. The number of rotatable bonds is 6. The highest BCUT2D eigenvalue weighted by Crippen LogP contribution is 2.33. The Balaban J connectivity index is 1.58. The number of ether oxygens (including phenoxy) is 2. The molecule has 0 spiro atoms. The van der Waals surface area contributed by atoms with Crippen molar-refractivity contribution in [2.75, 3.05) is 19.8 Å². The third-order valence-corrected chi connectivity index (χ3v) is 4.29. The molecule has 0 radical (unpaired) electrons. The van der Waals surface area contributed by atoms with Crippen LogP contribution in [0.2, 0.25) is 0 Å². The van der Waals surface area contributed by atoms with Gasteiger partial charge in [0.25, 0.3) is 0 Å². The molecule has 0 bridgehead atoms. The zero-order valence-electron chi connectivity index (χ0n) is 12.4. The van der Waals surface area contributed by atoms with Gasteiger partial charge in [-0.1, -0.05) is 13.0 Å². The number of hydrogen-bond donors (Lipinski definition) is 1. The first-order valence-electron chi connectivity index (χ1n) is 7.97. The second kappa shape index (κ2) is 6.59. The molecule has 0 saturated carbocycles. The van der Waals surface area contributed by atoms with Crippen LogP contribution < -0.4 is 10.1 Å². The number of nitrogens with one attached hydrogen (secondary N) is 1. The van der Waals surface area contributed by atoms with Crippen LogP contribution in [0.4, 0.5) is 0 Å². The van der Waals surface area contributed by atoms with E-state index < -0.39 is 0 Å². The molecule has 1 N–H and O–H groups in total. The first kappa shape index (κ1) is 13.9. The van der Waals surface area contributed by atoms with Crippen molar-refractivity contribution in [3.63, 3.8) is 0 Å². The molecule has 0 amide bonds. The minimum absolute atomic E-state index is 0.294. The van der Waals surface area contributed by atoms with Crippen molar-refractivity contribution in [3.05, 3.63) is 29.3 Å². The monoisotopic (exact) mass is 275 g/mol. The van der Waals surface area contributed by atoms with Gasteiger partial charge in [-0.05, 0) is 61.9 Å². The topological polar surface area (TPSA) is 30.5 Å². The highest BCUT2D eigenvalue weighted by molar-refractivity contribution is 5.40. The molecule has 1 heterocycles. The molecular formula is C17H25NO2. The van der Waals surface area contributed by atoms with E-state index in [0.29, 0.717) is 18.8 Å². The summed E-state index contributed by atoms with van der Waals surface area (Å²) in [7, 11) is 0. The van der Waals surface area contributed by atoms with Gasteiger partial charge in [-0.2, -0.15) is 0 Å². The van der Waals surface area contributed by atoms with Gasteiger partial charge in [0.2, 0.25) is 0 Å². The maximum Gasteiger partial charge on any atom is 0.119 e. The Kier molecular flexibility index (Phi) is 4.58. The summed E-state index contributed by atoms with van der Waals surface area (Å²) >= 11 is 0. The Hall–Kier alpha value is -1.06. The fourth-order valence-electron chi connectivity index (χ4n) is 3.18. The van der Waals surface area contributed by atoms with Crippen LogP contribution in [0.25, 0.3) is 0 Å². The van der Waals surface area contributed by atoms with Crippen molar-refractivity contribution >= 4 is 0 Å². The quantitative estimate of drug-likeness (QED) is 0.864. The minimum Gasteiger partial charge on any atom is -0.491 e. The Labute approximate surface area is 121 Å². The first-order valence-corrected chi connectivity index (χ1v) is 7.97. The zero-order chi connectivity index (χ0) is 13.8. The lowest BCUT2D eigenvalue weighted by atomic mass is 10.1. The molecule has 1 fully saturated rings. The van der Waals surface area contributed by atoms with Crippen molar-refractivity contribution in [2.24, 2.45) is 0 Å². The fraction of sp³-hybridized carbons (Fsp3) is 0.647. The molecule has 1 aromatic carbocycles. The number of hydrogen-bond acceptors (Lipinski definition) is 3. The van der Waals surface area contributed by atoms with Gasteiger partial charge in [0.1, 0.15) is 12.4 Å². The summed E-state index contributed by atoms with van der Waals surface area (Å²) in [6, 6.07) is 7.11. The van der Waals surface area contributed by atoms with Crippen LogP contribution in [0.15, 0.2) is 18.2 Å². The lowest BCUT2D eigenvalue weighted by Crippen LogP contribution is -2.19. The molecule has 1 aliphatic carbocycles. The van der Waals surface area contributed by atoms with Gasteiger partial charge in [-0.25, -0.2) is 0 Å². The van der Waals surface area contributed by atoms with Crippen LogP contribution in [-0.2, 0) is 11.2 Å².